The quantitative estimate of drug-likeness (QED) is 0.0915. The largest absolute Gasteiger partial charge is 0.481 e. The first kappa shape index (κ1) is 37.8. The molecule has 0 atom stereocenters. The zero-order chi connectivity index (χ0) is 27.2. The monoisotopic (exact) mass is 504 g/mol. The summed E-state index contributed by atoms with van der Waals surface area (Å²) < 4.78 is 0. The summed E-state index contributed by atoms with van der Waals surface area (Å²) in [5.74, 6) is -1.35. The maximum atomic E-state index is 10.2. The Labute approximate surface area is 212 Å². The number of rotatable bonds is 22. The van der Waals surface area contributed by atoms with Gasteiger partial charge in [-0.1, -0.05) is 63.5 Å². The first-order valence-electron chi connectivity index (χ1n) is 12.9. The van der Waals surface area contributed by atoms with Gasteiger partial charge in [-0.05, 0) is 38.5 Å². The van der Waals surface area contributed by atoms with Gasteiger partial charge in [-0.25, -0.2) is 0 Å². The van der Waals surface area contributed by atoms with Crippen molar-refractivity contribution in [3.63, 3.8) is 0 Å². The molecule has 0 aromatic rings. The molecule has 0 aliphatic carbocycles. The summed E-state index contributed by atoms with van der Waals surface area (Å²) in [6.45, 7) is 5.70. The molecule has 0 aliphatic heterocycles. The van der Waals surface area contributed by atoms with E-state index in [9.17, 15) is 9.59 Å². The molecule has 8 nitrogen and oxygen atoms in total. The van der Waals surface area contributed by atoms with Crippen LogP contribution in [0, 0.1) is 5.41 Å². The summed E-state index contributed by atoms with van der Waals surface area (Å²) in [7, 11) is 0. The molecular weight excluding hydrogens is 452 g/mol. The van der Waals surface area contributed by atoms with Gasteiger partial charge in [0, 0.05) is 12.8 Å². The van der Waals surface area contributed by atoms with Gasteiger partial charge in [0.25, 0.3) is 0 Å². The molecule has 0 heterocycles. The van der Waals surface area contributed by atoms with Crippen molar-refractivity contribution in [1.29, 1.82) is 0 Å². The second-order valence-corrected chi connectivity index (χ2v) is 8.82. The van der Waals surface area contributed by atoms with Crippen molar-refractivity contribution in [2.45, 2.75) is 103 Å². The number of aliphatic carboxylic acids is 2. The van der Waals surface area contributed by atoms with Crippen LogP contribution in [0.1, 0.15) is 103 Å². The minimum absolute atomic E-state index is 0.326. The summed E-state index contributed by atoms with van der Waals surface area (Å²) in [5.41, 5.74) is -1.11. The summed E-state index contributed by atoms with van der Waals surface area (Å²) in [6, 6.07) is 0. The van der Waals surface area contributed by atoms with Crippen molar-refractivity contribution in [3.8, 4) is 0 Å². The first-order valence-corrected chi connectivity index (χ1v) is 12.9. The van der Waals surface area contributed by atoms with Crippen LogP contribution in [0.5, 0.6) is 0 Å². The van der Waals surface area contributed by atoms with E-state index in [4.69, 9.17) is 30.6 Å². The molecule has 0 fully saturated rings. The van der Waals surface area contributed by atoms with E-state index in [1.54, 1.807) is 0 Å². The van der Waals surface area contributed by atoms with Gasteiger partial charge in [-0.2, -0.15) is 0 Å². The lowest BCUT2D eigenvalue weighted by Gasteiger charge is -2.23. The zero-order valence-corrected chi connectivity index (χ0v) is 21.7. The number of carboxylic acids is 2. The number of carbonyl (C=O) groups is 2. The molecule has 0 rings (SSSR count). The predicted octanol–water partition coefficient (Wildman–Crippen LogP) is 4.70. The third-order valence-corrected chi connectivity index (χ3v) is 5.44. The number of aliphatic hydroxyl groups excluding tert-OH is 4. The molecule has 35 heavy (non-hydrogen) atoms. The molecule has 0 unspecified atom stereocenters. The number of allylic oxidation sites excluding steroid dienone is 2. The second kappa shape index (κ2) is 30.3. The van der Waals surface area contributed by atoms with Gasteiger partial charge in [0.1, 0.15) is 0 Å². The lowest BCUT2D eigenvalue weighted by atomic mass is 9.93. The lowest BCUT2D eigenvalue weighted by molar-refractivity contribution is -0.138. The molecule has 0 saturated carbocycles. The van der Waals surface area contributed by atoms with Gasteiger partial charge in [-0.3, -0.25) is 9.59 Å². The number of carboxylic acid groups (broad SMARTS) is 2. The van der Waals surface area contributed by atoms with Gasteiger partial charge in [-0.15, -0.1) is 13.2 Å². The third-order valence-electron chi connectivity index (χ3n) is 5.44. The van der Waals surface area contributed by atoms with E-state index in [-0.39, 0.29) is 0 Å². The van der Waals surface area contributed by atoms with E-state index in [2.05, 4.69) is 13.2 Å². The average Bonchev–Trinajstić information content (AvgIpc) is 2.85. The van der Waals surface area contributed by atoms with Crippen molar-refractivity contribution >= 4 is 11.9 Å². The molecule has 8 heteroatoms. The van der Waals surface area contributed by atoms with Gasteiger partial charge in [0.05, 0.1) is 31.8 Å². The minimum Gasteiger partial charge on any atom is -0.481 e. The first-order chi connectivity index (χ1) is 16.8. The Bertz CT molecular complexity index is 438. The highest BCUT2D eigenvalue weighted by molar-refractivity contribution is 5.66. The predicted molar refractivity (Wildman–Crippen MR) is 140 cm³/mol. The summed E-state index contributed by atoms with van der Waals surface area (Å²) in [5, 5.41) is 50.7. The molecule has 208 valence electrons. The fourth-order valence-corrected chi connectivity index (χ4v) is 2.84. The number of unbranched alkanes of at least 4 members (excludes halogenated alkanes) is 12. The maximum Gasteiger partial charge on any atom is 0.303 e. The van der Waals surface area contributed by atoms with Crippen LogP contribution in [0.2, 0.25) is 0 Å². The standard InChI is InChI=1S/2C11H20O2.C5H12O4/c2*1-2-3-4-5-6-7-8-9-10-11(12)13;6-1-5(2-7,3-8)4-9/h2*2H,1,3-10H2,(H,12,13);6-9H,1-4H2. The Hall–Kier alpha value is -1.74. The van der Waals surface area contributed by atoms with E-state index in [1.165, 1.54) is 51.4 Å². The summed E-state index contributed by atoms with van der Waals surface area (Å²) in [4.78, 5) is 20.3. The third kappa shape index (κ3) is 32.3. The maximum absolute atomic E-state index is 10.2. The van der Waals surface area contributed by atoms with Crippen molar-refractivity contribution in [2.24, 2.45) is 5.41 Å². The molecule has 0 spiro atoms. The van der Waals surface area contributed by atoms with Crippen LogP contribution in [-0.4, -0.2) is 69.0 Å². The van der Waals surface area contributed by atoms with Gasteiger partial charge < -0.3 is 30.6 Å². The minimum atomic E-state index is -1.11. The molecule has 0 aromatic heterocycles. The van der Waals surface area contributed by atoms with E-state index in [0.717, 1.165) is 38.5 Å². The van der Waals surface area contributed by atoms with E-state index < -0.39 is 43.8 Å². The molecule has 0 saturated heterocycles. The van der Waals surface area contributed by atoms with Crippen LogP contribution in [0.25, 0.3) is 0 Å². The highest BCUT2D eigenvalue weighted by Crippen LogP contribution is 2.12. The van der Waals surface area contributed by atoms with Crippen LogP contribution in [-0.2, 0) is 9.59 Å². The summed E-state index contributed by atoms with van der Waals surface area (Å²) in [6.07, 6.45) is 20.3. The van der Waals surface area contributed by atoms with Crippen LogP contribution >= 0.6 is 0 Å². The topological polar surface area (TPSA) is 156 Å². The molecule has 0 radical (unpaired) electrons. The smallest absolute Gasteiger partial charge is 0.303 e. The Morgan fingerprint density at radius 1 is 0.514 bits per heavy atom. The molecule has 0 aliphatic rings. The van der Waals surface area contributed by atoms with Gasteiger partial charge in [0.15, 0.2) is 0 Å². The van der Waals surface area contributed by atoms with Crippen molar-refractivity contribution < 1.29 is 40.2 Å². The summed E-state index contributed by atoms with van der Waals surface area (Å²) >= 11 is 0. The number of hydrogen-bond acceptors (Lipinski definition) is 6. The zero-order valence-electron chi connectivity index (χ0n) is 21.7. The van der Waals surface area contributed by atoms with Crippen LogP contribution in [0.3, 0.4) is 0 Å². The highest BCUT2D eigenvalue weighted by atomic mass is 16.4. The molecule has 0 bridgehead atoms. The fraction of sp³-hybridized carbons (Fsp3) is 0.778. The molecule has 0 amide bonds. The normalized spacial score (nSPS) is 10.4. The van der Waals surface area contributed by atoms with Crippen LogP contribution < -0.4 is 0 Å². The highest BCUT2D eigenvalue weighted by Gasteiger charge is 2.26. The fourth-order valence-electron chi connectivity index (χ4n) is 2.84. The van der Waals surface area contributed by atoms with E-state index >= 15 is 0 Å². The molecular formula is C27H52O8. The number of aliphatic hydroxyl groups is 4. The van der Waals surface area contributed by atoms with Crippen LogP contribution in [0.4, 0.5) is 0 Å². The van der Waals surface area contributed by atoms with Gasteiger partial charge >= 0.3 is 11.9 Å². The van der Waals surface area contributed by atoms with E-state index in [0.29, 0.717) is 12.8 Å². The lowest BCUT2D eigenvalue weighted by Crippen LogP contribution is -2.37. The SMILES string of the molecule is C=CCCCCCCCCC(=O)O.C=CCCCCCCCCC(=O)O.OCC(CO)(CO)CO. The number of hydrogen-bond donors (Lipinski definition) is 6. The molecule has 0 aromatic carbocycles. The molecule has 6 N–H and O–H groups in total. The van der Waals surface area contributed by atoms with Crippen LogP contribution in [0.15, 0.2) is 25.3 Å². The van der Waals surface area contributed by atoms with Gasteiger partial charge in [0.2, 0.25) is 0 Å². The Kier molecular flexibility index (Phi) is 32.7. The second-order valence-electron chi connectivity index (χ2n) is 8.82. The van der Waals surface area contributed by atoms with Crippen molar-refractivity contribution in [3.05, 3.63) is 25.3 Å². The van der Waals surface area contributed by atoms with Crippen molar-refractivity contribution in [2.75, 3.05) is 26.4 Å². The Morgan fingerprint density at radius 2 is 0.771 bits per heavy atom. The van der Waals surface area contributed by atoms with E-state index in [1.807, 2.05) is 12.2 Å². The Morgan fingerprint density at radius 3 is 0.971 bits per heavy atom. The Balaban J connectivity index is -0.000000448. The van der Waals surface area contributed by atoms with Crippen molar-refractivity contribution in [1.82, 2.24) is 0 Å². The average molecular weight is 505 g/mol.